The van der Waals surface area contributed by atoms with Crippen molar-refractivity contribution in [1.82, 2.24) is 19.9 Å². The van der Waals surface area contributed by atoms with Gasteiger partial charge < -0.3 is 15.6 Å². The van der Waals surface area contributed by atoms with E-state index in [0.717, 1.165) is 5.56 Å². The molecule has 0 saturated heterocycles. The molecule has 4 rings (SSSR count). The number of aromatic nitrogens is 4. The molecule has 0 aliphatic heterocycles. The van der Waals surface area contributed by atoms with Gasteiger partial charge in [0.1, 0.15) is 11.5 Å². The largest absolute Gasteiger partial charge is 0.366 e. The number of carbonyl (C=O) groups is 2. The summed E-state index contributed by atoms with van der Waals surface area (Å²) in [6.07, 6.45) is 6.42. The first-order valence-corrected chi connectivity index (χ1v) is 8.96. The van der Waals surface area contributed by atoms with Gasteiger partial charge in [0.25, 0.3) is 5.91 Å². The fourth-order valence-electron chi connectivity index (χ4n) is 3.09. The third-order valence-corrected chi connectivity index (χ3v) is 4.66. The number of halogens is 1. The van der Waals surface area contributed by atoms with E-state index in [2.05, 4.69) is 19.9 Å². The van der Waals surface area contributed by atoms with Gasteiger partial charge >= 0.3 is 0 Å². The number of H-pyrrole nitrogens is 1. The summed E-state index contributed by atoms with van der Waals surface area (Å²) in [5, 5.41) is 0.512. The summed E-state index contributed by atoms with van der Waals surface area (Å²) in [5.74, 6) is -1.90. The van der Waals surface area contributed by atoms with Gasteiger partial charge in [-0.15, -0.1) is 0 Å². The van der Waals surface area contributed by atoms with Crippen LogP contribution in [0.3, 0.4) is 0 Å². The molecule has 0 fully saturated rings. The third kappa shape index (κ3) is 3.26. The first kappa shape index (κ1) is 19.2. The number of nitrogens with zero attached hydrogens (tertiary/aromatic N) is 4. The van der Waals surface area contributed by atoms with Crippen LogP contribution in [0.5, 0.6) is 0 Å². The standard InChI is InChI=1S/C21H17FN6O2/c1-28(2)21-26-8-12(9-27-21)11-6-15-16(10-25-20(15)24-7-11)18(29)13-4-3-5-14(17(13)22)19(23)30/h3-10H,1-2H3,(H2,23,30)(H,24,25). The number of hydrogen-bond acceptors (Lipinski definition) is 6. The lowest BCUT2D eigenvalue weighted by Crippen LogP contribution is -2.16. The van der Waals surface area contributed by atoms with E-state index in [0.29, 0.717) is 22.5 Å². The van der Waals surface area contributed by atoms with Gasteiger partial charge in [-0.1, -0.05) is 6.07 Å². The molecule has 3 heterocycles. The van der Waals surface area contributed by atoms with E-state index in [9.17, 15) is 14.0 Å². The van der Waals surface area contributed by atoms with E-state index in [1.54, 1.807) is 29.6 Å². The zero-order valence-electron chi connectivity index (χ0n) is 16.2. The zero-order chi connectivity index (χ0) is 21.4. The van der Waals surface area contributed by atoms with Crippen LogP contribution in [0.2, 0.25) is 0 Å². The highest BCUT2D eigenvalue weighted by Gasteiger charge is 2.22. The minimum absolute atomic E-state index is 0.228. The van der Waals surface area contributed by atoms with Crippen molar-refractivity contribution in [2.75, 3.05) is 19.0 Å². The second-order valence-electron chi connectivity index (χ2n) is 6.85. The van der Waals surface area contributed by atoms with Crippen molar-refractivity contribution in [1.29, 1.82) is 0 Å². The molecule has 3 aromatic heterocycles. The summed E-state index contributed by atoms with van der Waals surface area (Å²) in [7, 11) is 3.68. The lowest BCUT2D eigenvalue weighted by molar-refractivity contribution is 0.0996. The molecule has 0 aliphatic rings. The van der Waals surface area contributed by atoms with Crippen LogP contribution < -0.4 is 10.6 Å². The van der Waals surface area contributed by atoms with Crippen molar-refractivity contribution >= 4 is 28.7 Å². The summed E-state index contributed by atoms with van der Waals surface area (Å²) in [6, 6.07) is 5.73. The van der Waals surface area contributed by atoms with E-state index >= 15 is 0 Å². The molecule has 0 saturated carbocycles. The van der Waals surface area contributed by atoms with Crippen LogP contribution in [-0.2, 0) is 0 Å². The van der Waals surface area contributed by atoms with Gasteiger partial charge in [0.2, 0.25) is 5.95 Å². The SMILES string of the molecule is CN(C)c1ncc(-c2cnc3[nH]cc(C(=O)c4cccc(C(N)=O)c4F)c3c2)cn1. The van der Waals surface area contributed by atoms with Crippen molar-refractivity contribution in [3.63, 3.8) is 0 Å². The van der Waals surface area contributed by atoms with Crippen LogP contribution in [-0.4, -0.2) is 45.7 Å². The molecule has 0 bridgehead atoms. The monoisotopic (exact) mass is 404 g/mol. The Hall–Kier alpha value is -4.14. The topological polar surface area (TPSA) is 118 Å². The smallest absolute Gasteiger partial charge is 0.251 e. The zero-order valence-corrected chi connectivity index (χ0v) is 16.2. The Morgan fingerprint density at radius 3 is 2.33 bits per heavy atom. The van der Waals surface area contributed by atoms with Crippen molar-refractivity contribution < 1.29 is 14.0 Å². The summed E-state index contributed by atoms with van der Waals surface area (Å²) in [5.41, 5.74) is 6.73. The maximum atomic E-state index is 14.6. The van der Waals surface area contributed by atoms with Gasteiger partial charge in [-0.2, -0.15) is 0 Å². The van der Waals surface area contributed by atoms with Crippen molar-refractivity contribution in [3.8, 4) is 11.1 Å². The third-order valence-electron chi connectivity index (χ3n) is 4.66. The Kier molecular flexibility index (Phi) is 4.71. The molecular weight excluding hydrogens is 387 g/mol. The lowest BCUT2D eigenvalue weighted by atomic mass is 9.99. The van der Waals surface area contributed by atoms with E-state index in [4.69, 9.17) is 5.73 Å². The summed E-state index contributed by atoms with van der Waals surface area (Å²) in [4.78, 5) is 42.0. The molecule has 0 aliphatic carbocycles. The number of ketones is 1. The summed E-state index contributed by atoms with van der Waals surface area (Å²) < 4.78 is 14.6. The van der Waals surface area contributed by atoms with Crippen LogP contribution in [0.15, 0.2) is 49.1 Å². The number of amides is 1. The molecule has 0 atom stereocenters. The van der Waals surface area contributed by atoms with Crippen LogP contribution in [0, 0.1) is 5.82 Å². The number of nitrogens with one attached hydrogen (secondary N) is 1. The van der Waals surface area contributed by atoms with Gasteiger partial charge in [0.15, 0.2) is 5.78 Å². The van der Waals surface area contributed by atoms with Gasteiger partial charge in [-0.25, -0.2) is 19.3 Å². The predicted molar refractivity (Wildman–Crippen MR) is 110 cm³/mol. The molecule has 8 nitrogen and oxygen atoms in total. The minimum atomic E-state index is -0.943. The molecule has 0 unspecified atom stereocenters. The highest BCUT2D eigenvalue weighted by molar-refractivity contribution is 6.17. The highest BCUT2D eigenvalue weighted by atomic mass is 19.1. The van der Waals surface area contributed by atoms with Crippen molar-refractivity contribution in [2.45, 2.75) is 0 Å². The normalized spacial score (nSPS) is 10.9. The average molecular weight is 404 g/mol. The fourth-order valence-corrected chi connectivity index (χ4v) is 3.09. The lowest BCUT2D eigenvalue weighted by Gasteiger charge is -2.10. The Labute approximate surface area is 170 Å². The maximum Gasteiger partial charge on any atom is 0.251 e. The number of pyridine rings is 1. The van der Waals surface area contributed by atoms with Crippen LogP contribution in [0.1, 0.15) is 26.3 Å². The van der Waals surface area contributed by atoms with Crippen LogP contribution >= 0.6 is 0 Å². The van der Waals surface area contributed by atoms with Crippen LogP contribution in [0.4, 0.5) is 10.3 Å². The molecular formula is C21H17FN6O2. The van der Waals surface area contributed by atoms with Gasteiger partial charge in [-0.05, 0) is 18.2 Å². The molecule has 1 aromatic carbocycles. The second kappa shape index (κ2) is 7.36. The number of primary amides is 1. The molecule has 150 valence electrons. The van der Waals surface area contributed by atoms with Crippen molar-refractivity contribution in [3.05, 3.63) is 71.6 Å². The van der Waals surface area contributed by atoms with E-state index in [1.165, 1.54) is 24.4 Å². The molecule has 30 heavy (non-hydrogen) atoms. The first-order chi connectivity index (χ1) is 14.4. The molecule has 3 N–H and O–H groups in total. The molecule has 0 radical (unpaired) electrons. The number of nitrogens with two attached hydrogens (primary N) is 1. The fraction of sp³-hybridized carbons (Fsp3) is 0.0952. The Balaban J connectivity index is 1.78. The molecule has 0 spiro atoms. The first-order valence-electron chi connectivity index (χ1n) is 8.96. The summed E-state index contributed by atoms with van der Waals surface area (Å²) >= 11 is 0. The number of carbonyl (C=O) groups excluding carboxylic acids is 2. The molecule has 1 amide bonds. The summed E-state index contributed by atoms with van der Waals surface area (Å²) in [6.45, 7) is 0. The van der Waals surface area contributed by atoms with Gasteiger partial charge in [-0.3, -0.25) is 9.59 Å². The highest BCUT2D eigenvalue weighted by Crippen LogP contribution is 2.27. The number of benzene rings is 1. The minimum Gasteiger partial charge on any atom is -0.366 e. The molecule has 4 aromatic rings. The van der Waals surface area contributed by atoms with Crippen LogP contribution in [0.25, 0.3) is 22.2 Å². The Morgan fingerprint density at radius 1 is 1.00 bits per heavy atom. The average Bonchev–Trinajstić information content (AvgIpc) is 3.16. The maximum absolute atomic E-state index is 14.6. The van der Waals surface area contributed by atoms with Gasteiger partial charge in [0, 0.05) is 61.0 Å². The number of rotatable bonds is 5. The van der Waals surface area contributed by atoms with Gasteiger partial charge in [0.05, 0.1) is 11.1 Å². The number of fused-ring (bicyclic) bond motifs is 1. The number of anilines is 1. The second-order valence-corrected chi connectivity index (χ2v) is 6.85. The van der Waals surface area contributed by atoms with E-state index < -0.39 is 17.5 Å². The number of hydrogen-bond donors (Lipinski definition) is 2. The van der Waals surface area contributed by atoms with E-state index in [-0.39, 0.29) is 16.7 Å². The number of aromatic amines is 1. The van der Waals surface area contributed by atoms with E-state index in [1.807, 2.05) is 14.1 Å². The predicted octanol–water partition coefficient (Wildman–Crippen LogP) is 2.55. The Bertz CT molecular complexity index is 1280. The quantitative estimate of drug-likeness (QED) is 0.494. The molecule has 9 heteroatoms. The Morgan fingerprint density at radius 2 is 1.67 bits per heavy atom. The van der Waals surface area contributed by atoms with Crippen molar-refractivity contribution in [2.24, 2.45) is 5.73 Å².